The molecule has 1 fully saturated rings. The number of benzene rings is 2. The van der Waals surface area contributed by atoms with Crippen molar-refractivity contribution in [3.05, 3.63) is 101 Å². The average molecular weight is 477 g/mol. The summed E-state index contributed by atoms with van der Waals surface area (Å²) in [4.78, 5) is 29.8. The Kier molecular flexibility index (Phi) is 6.95. The fourth-order valence-corrected chi connectivity index (χ4v) is 5.24. The number of carbonyl (C=O) groups is 2. The number of hydrogen-bond acceptors (Lipinski definition) is 3. The molecule has 2 aliphatic rings. The molecule has 3 aromatic rings. The first-order valence-corrected chi connectivity index (χ1v) is 12.9. The van der Waals surface area contributed by atoms with E-state index >= 15 is 0 Å². The van der Waals surface area contributed by atoms with Gasteiger partial charge in [0.15, 0.2) is 5.78 Å². The van der Waals surface area contributed by atoms with E-state index in [0.29, 0.717) is 11.1 Å². The first-order valence-electron chi connectivity index (χ1n) is 12.9. The number of pyridine rings is 1. The Morgan fingerprint density at radius 2 is 1.72 bits per heavy atom. The molecule has 0 bridgehead atoms. The van der Waals surface area contributed by atoms with Crippen LogP contribution in [0.25, 0.3) is 17.2 Å². The number of nitrogens with one attached hydrogen (secondary N) is 1. The van der Waals surface area contributed by atoms with Crippen LogP contribution in [0.2, 0.25) is 0 Å². The van der Waals surface area contributed by atoms with Gasteiger partial charge in [-0.05, 0) is 91.0 Å². The van der Waals surface area contributed by atoms with Crippen molar-refractivity contribution in [3.8, 4) is 0 Å². The third-order valence-electron chi connectivity index (χ3n) is 7.60. The van der Waals surface area contributed by atoms with Crippen LogP contribution in [-0.4, -0.2) is 16.7 Å². The topological polar surface area (TPSA) is 59.1 Å². The van der Waals surface area contributed by atoms with E-state index in [0.717, 1.165) is 66.8 Å². The molecule has 0 aliphatic heterocycles. The average Bonchev–Trinajstić information content (AvgIpc) is 2.93. The normalized spacial score (nSPS) is 19.1. The van der Waals surface area contributed by atoms with Gasteiger partial charge >= 0.3 is 0 Å². The van der Waals surface area contributed by atoms with Crippen molar-refractivity contribution in [2.75, 3.05) is 5.32 Å². The fraction of sp³-hybridized carbons (Fsp3) is 0.281. The van der Waals surface area contributed by atoms with E-state index in [1.165, 1.54) is 11.1 Å². The minimum atomic E-state index is -0.0844. The number of amides is 1. The molecule has 0 atom stereocenters. The number of aromatic nitrogens is 1. The first kappa shape index (κ1) is 23.9. The van der Waals surface area contributed by atoms with E-state index in [1.807, 2.05) is 36.4 Å². The summed E-state index contributed by atoms with van der Waals surface area (Å²) in [5.74, 6) is 0.922. The predicted molar refractivity (Wildman–Crippen MR) is 146 cm³/mol. The van der Waals surface area contributed by atoms with Crippen LogP contribution >= 0.6 is 0 Å². The maximum atomic E-state index is 13.1. The lowest BCUT2D eigenvalue weighted by Gasteiger charge is -2.25. The van der Waals surface area contributed by atoms with Crippen molar-refractivity contribution in [3.63, 3.8) is 0 Å². The molecule has 0 saturated heterocycles. The molecule has 5 rings (SSSR count). The third kappa shape index (κ3) is 5.23. The standard InChI is InChI=1S/C32H32N2O2/c1-21-5-7-25(8-6-21)32(36)34-30-15-13-23(14-16-30)26-11-9-24-10-12-27(19-29(24)18-26)31(35)22(2)28-4-3-17-33-20-28/h3-4,10,12-21,25H,2,5-9,11H2,1H3,(H,34,36). The molecule has 1 heterocycles. The zero-order valence-electron chi connectivity index (χ0n) is 20.8. The van der Waals surface area contributed by atoms with Crippen molar-refractivity contribution in [2.24, 2.45) is 11.8 Å². The van der Waals surface area contributed by atoms with Gasteiger partial charge in [0, 0.05) is 40.7 Å². The minimum absolute atomic E-state index is 0.0844. The van der Waals surface area contributed by atoms with Gasteiger partial charge in [0.2, 0.25) is 5.91 Å². The van der Waals surface area contributed by atoms with Crippen molar-refractivity contribution < 1.29 is 9.59 Å². The molecule has 36 heavy (non-hydrogen) atoms. The van der Waals surface area contributed by atoms with Crippen LogP contribution in [-0.2, 0) is 11.2 Å². The zero-order valence-corrected chi connectivity index (χ0v) is 20.8. The Morgan fingerprint density at radius 1 is 0.944 bits per heavy atom. The summed E-state index contributed by atoms with van der Waals surface area (Å²) in [6.45, 7) is 6.27. The summed E-state index contributed by atoms with van der Waals surface area (Å²) in [6.07, 6.45) is 11.6. The summed E-state index contributed by atoms with van der Waals surface area (Å²) >= 11 is 0. The molecular weight excluding hydrogens is 444 g/mol. The molecule has 1 saturated carbocycles. The number of anilines is 1. The molecular formula is C32H32N2O2. The SMILES string of the molecule is C=C(C(=O)c1ccc2c(c1)C=C(c1ccc(NC(=O)C3CCC(C)CC3)cc1)CC2)c1cccnc1. The van der Waals surface area contributed by atoms with Crippen LogP contribution in [0, 0.1) is 11.8 Å². The van der Waals surface area contributed by atoms with Crippen molar-refractivity contribution in [1.29, 1.82) is 0 Å². The number of ketones is 1. The van der Waals surface area contributed by atoms with E-state index < -0.39 is 0 Å². The van der Waals surface area contributed by atoms with Crippen molar-refractivity contribution in [1.82, 2.24) is 4.98 Å². The molecule has 2 aliphatic carbocycles. The Labute approximate surface area is 213 Å². The van der Waals surface area contributed by atoms with E-state index in [9.17, 15) is 9.59 Å². The second-order valence-electron chi connectivity index (χ2n) is 10.2. The molecule has 0 spiro atoms. The van der Waals surface area contributed by atoms with Crippen LogP contribution in [0.1, 0.15) is 71.6 Å². The fourth-order valence-electron chi connectivity index (χ4n) is 5.24. The number of allylic oxidation sites excluding steroid dienone is 2. The molecule has 0 unspecified atom stereocenters. The van der Waals surface area contributed by atoms with E-state index in [-0.39, 0.29) is 17.6 Å². The molecule has 182 valence electrons. The summed E-state index contributed by atoms with van der Waals surface area (Å²) < 4.78 is 0. The zero-order chi connectivity index (χ0) is 25.1. The maximum Gasteiger partial charge on any atom is 0.227 e. The number of aryl methyl sites for hydroxylation is 1. The summed E-state index contributed by atoms with van der Waals surface area (Å²) in [5, 5.41) is 3.11. The monoisotopic (exact) mass is 476 g/mol. The maximum absolute atomic E-state index is 13.1. The van der Waals surface area contributed by atoms with Gasteiger partial charge < -0.3 is 5.32 Å². The van der Waals surface area contributed by atoms with Crippen LogP contribution in [0.4, 0.5) is 5.69 Å². The summed E-state index contributed by atoms with van der Waals surface area (Å²) in [7, 11) is 0. The molecule has 4 nitrogen and oxygen atoms in total. The van der Waals surface area contributed by atoms with Crippen LogP contribution in [0.3, 0.4) is 0 Å². The van der Waals surface area contributed by atoms with Gasteiger partial charge in [-0.15, -0.1) is 0 Å². The largest absolute Gasteiger partial charge is 0.326 e. The van der Waals surface area contributed by atoms with Gasteiger partial charge in [0.1, 0.15) is 0 Å². The van der Waals surface area contributed by atoms with Gasteiger partial charge in [-0.3, -0.25) is 14.6 Å². The number of Topliss-reactive ketones (excluding diaryl/α,β-unsaturated/α-hetero) is 1. The van der Waals surface area contributed by atoms with Crippen molar-refractivity contribution in [2.45, 2.75) is 45.4 Å². The lowest BCUT2D eigenvalue weighted by atomic mass is 9.82. The quantitative estimate of drug-likeness (QED) is 0.302. The highest BCUT2D eigenvalue weighted by Crippen LogP contribution is 2.33. The van der Waals surface area contributed by atoms with Gasteiger partial charge in [0.25, 0.3) is 0 Å². The summed E-state index contributed by atoms with van der Waals surface area (Å²) in [5.41, 5.74) is 7.36. The van der Waals surface area contributed by atoms with Gasteiger partial charge in [0.05, 0.1) is 0 Å². The highest BCUT2D eigenvalue weighted by atomic mass is 16.2. The van der Waals surface area contributed by atoms with Gasteiger partial charge in [-0.2, -0.15) is 0 Å². The molecule has 2 aromatic carbocycles. The number of carbonyl (C=O) groups excluding carboxylic acids is 2. The Morgan fingerprint density at radius 3 is 2.44 bits per heavy atom. The molecule has 1 aromatic heterocycles. The molecule has 1 N–H and O–H groups in total. The Hall–Kier alpha value is -3.79. The number of rotatable bonds is 6. The summed E-state index contributed by atoms with van der Waals surface area (Å²) in [6, 6.07) is 17.7. The smallest absolute Gasteiger partial charge is 0.227 e. The Bertz CT molecular complexity index is 1310. The van der Waals surface area contributed by atoms with E-state index in [4.69, 9.17) is 0 Å². The first-order chi connectivity index (χ1) is 17.5. The van der Waals surface area contributed by atoms with Gasteiger partial charge in [-0.1, -0.05) is 49.9 Å². The van der Waals surface area contributed by atoms with Crippen LogP contribution < -0.4 is 5.32 Å². The van der Waals surface area contributed by atoms with Crippen LogP contribution in [0.5, 0.6) is 0 Å². The van der Waals surface area contributed by atoms with Gasteiger partial charge in [-0.25, -0.2) is 0 Å². The minimum Gasteiger partial charge on any atom is -0.326 e. The third-order valence-corrected chi connectivity index (χ3v) is 7.60. The van der Waals surface area contributed by atoms with Crippen molar-refractivity contribution >= 4 is 34.6 Å². The number of hydrogen-bond donors (Lipinski definition) is 1. The number of nitrogens with zero attached hydrogens (tertiary/aromatic N) is 1. The predicted octanol–water partition coefficient (Wildman–Crippen LogP) is 7.23. The lowest BCUT2D eigenvalue weighted by Crippen LogP contribution is -2.26. The van der Waals surface area contributed by atoms with E-state index in [1.54, 1.807) is 12.4 Å². The highest BCUT2D eigenvalue weighted by Gasteiger charge is 2.24. The Balaban J connectivity index is 1.29. The highest BCUT2D eigenvalue weighted by molar-refractivity contribution is 6.28. The molecule has 0 radical (unpaired) electrons. The lowest BCUT2D eigenvalue weighted by molar-refractivity contribution is -0.121. The second-order valence-corrected chi connectivity index (χ2v) is 10.2. The van der Waals surface area contributed by atoms with E-state index in [2.05, 4.69) is 48.1 Å². The second kappa shape index (κ2) is 10.4. The molecule has 1 amide bonds. The molecule has 4 heteroatoms. The number of fused-ring (bicyclic) bond motifs is 1. The van der Waals surface area contributed by atoms with Crippen LogP contribution in [0.15, 0.2) is 73.6 Å².